The van der Waals surface area contributed by atoms with Gasteiger partial charge in [-0.3, -0.25) is 14.5 Å². The number of allylic oxidation sites excluding steroid dienone is 1. The minimum absolute atomic E-state index is 0.00547. The fraction of sp³-hybridized carbons (Fsp3) is 0.857. The molecule has 3 nitrogen and oxygen atoms in total. The van der Waals surface area contributed by atoms with Crippen molar-refractivity contribution < 1.29 is 9.59 Å². The summed E-state index contributed by atoms with van der Waals surface area (Å²) >= 11 is 0. The minimum atomic E-state index is -0.00547. The van der Waals surface area contributed by atoms with Crippen molar-refractivity contribution in [1.82, 2.24) is 4.90 Å². The molecule has 0 aromatic carbocycles. The Kier molecular flexibility index (Phi) is 16.6. The molecule has 0 spiro atoms. The molecule has 0 bridgehead atoms. The lowest BCUT2D eigenvalue weighted by molar-refractivity contribution is -0.140. The van der Waals surface area contributed by atoms with E-state index in [1.807, 2.05) is 0 Å². The van der Waals surface area contributed by atoms with Gasteiger partial charge < -0.3 is 0 Å². The fourth-order valence-corrected chi connectivity index (χ4v) is 4.85. The Hall–Kier alpha value is -1.12. The SMILES string of the molecule is CC/C=C(\C)C(CCCCCCCCCCCCCCCCCC)N1C(=O)CCC1=O. The first-order valence-electron chi connectivity index (χ1n) is 13.6. The van der Waals surface area contributed by atoms with Crippen LogP contribution in [-0.2, 0) is 9.59 Å². The topological polar surface area (TPSA) is 37.4 Å². The summed E-state index contributed by atoms with van der Waals surface area (Å²) in [5.74, 6) is 0.0469. The number of carbonyl (C=O) groups is 2. The molecule has 3 heteroatoms. The van der Waals surface area contributed by atoms with E-state index in [-0.39, 0.29) is 17.9 Å². The number of hydrogen-bond acceptors (Lipinski definition) is 2. The van der Waals surface area contributed by atoms with E-state index in [9.17, 15) is 9.59 Å². The average molecular weight is 434 g/mol. The first-order valence-corrected chi connectivity index (χ1v) is 13.6. The van der Waals surface area contributed by atoms with E-state index in [2.05, 4.69) is 26.8 Å². The lowest BCUT2D eigenvalue weighted by Crippen LogP contribution is -2.40. The summed E-state index contributed by atoms with van der Waals surface area (Å²) < 4.78 is 0. The van der Waals surface area contributed by atoms with E-state index >= 15 is 0 Å². The number of carbonyl (C=O) groups excluding carboxylic acids is 2. The number of hydrogen-bond donors (Lipinski definition) is 0. The maximum atomic E-state index is 12.2. The number of unbranched alkanes of at least 4 members (excludes halogenated alkanes) is 15. The van der Waals surface area contributed by atoms with Crippen molar-refractivity contribution in [3.05, 3.63) is 11.6 Å². The molecule has 1 unspecified atom stereocenters. The fourth-order valence-electron chi connectivity index (χ4n) is 4.85. The molecule has 0 saturated carbocycles. The van der Waals surface area contributed by atoms with Crippen LogP contribution in [0.2, 0.25) is 0 Å². The number of imide groups is 1. The van der Waals surface area contributed by atoms with Gasteiger partial charge in [0.25, 0.3) is 0 Å². The highest BCUT2D eigenvalue weighted by atomic mass is 16.2. The summed E-state index contributed by atoms with van der Waals surface area (Å²) in [6, 6.07) is -0.00547. The van der Waals surface area contributed by atoms with E-state index in [4.69, 9.17) is 0 Å². The molecule has 1 heterocycles. The highest BCUT2D eigenvalue weighted by molar-refractivity contribution is 6.02. The van der Waals surface area contributed by atoms with Crippen LogP contribution in [0.15, 0.2) is 11.6 Å². The van der Waals surface area contributed by atoms with Crippen molar-refractivity contribution in [2.75, 3.05) is 0 Å². The third kappa shape index (κ3) is 12.5. The van der Waals surface area contributed by atoms with Crippen molar-refractivity contribution in [3.8, 4) is 0 Å². The second-order valence-corrected chi connectivity index (χ2v) is 9.62. The molecule has 180 valence electrons. The van der Waals surface area contributed by atoms with Crippen LogP contribution in [-0.4, -0.2) is 22.8 Å². The molecule has 1 fully saturated rings. The summed E-state index contributed by atoms with van der Waals surface area (Å²) in [6.07, 6.45) is 26.7. The summed E-state index contributed by atoms with van der Waals surface area (Å²) in [4.78, 5) is 25.9. The number of amides is 2. The van der Waals surface area contributed by atoms with Gasteiger partial charge in [0.15, 0.2) is 0 Å². The molecule has 1 saturated heterocycles. The van der Waals surface area contributed by atoms with Crippen LogP contribution >= 0.6 is 0 Å². The third-order valence-corrected chi connectivity index (χ3v) is 6.78. The molecule has 0 radical (unpaired) electrons. The molecule has 0 aromatic rings. The second kappa shape index (κ2) is 18.5. The summed E-state index contributed by atoms with van der Waals surface area (Å²) in [5, 5.41) is 0. The molecule has 1 atom stereocenters. The van der Waals surface area contributed by atoms with Crippen molar-refractivity contribution >= 4 is 11.8 Å². The van der Waals surface area contributed by atoms with Gasteiger partial charge in [-0.15, -0.1) is 0 Å². The standard InChI is InChI=1S/C28H51NO2/c1-4-6-7-8-9-10-11-12-13-14-15-16-17-18-19-20-22-26(25(3)21-5-2)29-27(30)23-24-28(29)31/h21,26H,4-20,22-24H2,1-3H3/b25-21+. The van der Waals surface area contributed by atoms with Gasteiger partial charge in [0, 0.05) is 12.8 Å². The van der Waals surface area contributed by atoms with Crippen LogP contribution in [0.25, 0.3) is 0 Å². The quantitative estimate of drug-likeness (QED) is 0.110. The minimum Gasteiger partial charge on any atom is -0.275 e. The van der Waals surface area contributed by atoms with Gasteiger partial charge >= 0.3 is 0 Å². The molecular weight excluding hydrogens is 382 g/mol. The maximum absolute atomic E-state index is 12.2. The molecule has 1 aliphatic rings. The molecule has 31 heavy (non-hydrogen) atoms. The Bertz CT molecular complexity index is 495. The highest BCUT2D eigenvalue weighted by Crippen LogP contribution is 2.25. The Labute approximate surface area is 193 Å². The van der Waals surface area contributed by atoms with Crippen LogP contribution in [0.1, 0.15) is 149 Å². The smallest absolute Gasteiger partial charge is 0.230 e. The summed E-state index contributed by atoms with van der Waals surface area (Å²) in [5.41, 5.74) is 1.19. The van der Waals surface area contributed by atoms with Crippen LogP contribution in [0.3, 0.4) is 0 Å². The number of rotatable bonds is 20. The van der Waals surface area contributed by atoms with E-state index in [0.29, 0.717) is 12.8 Å². The predicted molar refractivity (Wildman–Crippen MR) is 133 cm³/mol. The van der Waals surface area contributed by atoms with Gasteiger partial charge in [-0.05, 0) is 19.8 Å². The van der Waals surface area contributed by atoms with Crippen LogP contribution < -0.4 is 0 Å². The van der Waals surface area contributed by atoms with Gasteiger partial charge in [-0.2, -0.15) is 0 Å². The van der Waals surface area contributed by atoms with Gasteiger partial charge in [0.05, 0.1) is 6.04 Å². The molecule has 2 amide bonds. The lowest BCUT2D eigenvalue weighted by atomic mass is 9.98. The number of likely N-dealkylation sites (tertiary alicyclic amines) is 1. The number of nitrogens with zero attached hydrogens (tertiary/aromatic N) is 1. The summed E-state index contributed by atoms with van der Waals surface area (Å²) in [7, 11) is 0. The molecule has 1 rings (SSSR count). The Morgan fingerprint density at radius 1 is 0.710 bits per heavy atom. The predicted octanol–water partition coefficient (Wildman–Crippen LogP) is 8.51. The first-order chi connectivity index (χ1) is 15.1. The Morgan fingerprint density at radius 3 is 1.48 bits per heavy atom. The van der Waals surface area contributed by atoms with Crippen LogP contribution in [0.4, 0.5) is 0 Å². The molecule has 0 N–H and O–H groups in total. The molecular formula is C28H51NO2. The lowest BCUT2D eigenvalue weighted by Gasteiger charge is -2.27. The van der Waals surface area contributed by atoms with E-state index in [1.54, 1.807) is 4.90 Å². The van der Waals surface area contributed by atoms with E-state index in [1.165, 1.54) is 102 Å². The first kappa shape index (κ1) is 27.9. The monoisotopic (exact) mass is 433 g/mol. The Balaban J connectivity index is 2.03. The largest absolute Gasteiger partial charge is 0.275 e. The average Bonchev–Trinajstić information content (AvgIpc) is 3.08. The zero-order valence-corrected chi connectivity index (χ0v) is 21.1. The zero-order chi connectivity index (χ0) is 22.7. The third-order valence-electron chi connectivity index (χ3n) is 6.78. The van der Waals surface area contributed by atoms with Crippen molar-refractivity contribution in [3.63, 3.8) is 0 Å². The molecule has 1 aliphatic heterocycles. The van der Waals surface area contributed by atoms with E-state index < -0.39 is 0 Å². The summed E-state index contributed by atoms with van der Waals surface area (Å²) in [6.45, 7) is 6.48. The van der Waals surface area contributed by atoms with E-state index in [0.717, 1.165) is 19.3 Å². The van der Waals surface area contributed by atoms with Gasteiger partial charge in [-0.1, -0.05) is 128 Å². The Morgan fingerprint density at radius 2 is 1.10 bits per heavy atom. The van der Waals surface area contributed by atoms with Crippen LogP contribution in [0.5, 0.6) is 0 Å². The van der Waals surface area contributed by atoms with Gasteiger partial charge in [0.2, 0.25) is 11.8 Å². The molecule has 0 aromatic heterocycles. The van der Waals surface area contributed by atoms with Gasteiger partial charge in [-0.25, -0.2) is 0 Å². The van der Waals surface area contributed by atoms with Crippen molar-refractivity contribution in [2.45, 2.75) is 155 Å². The highest BCUT2D eigenvalue weighted by Gasteiger charge is 2.35. The van der Waals surface area contributed by atoms with Crippen molar-refractivity contribution in [1.29, 1.82) is 0 Å². The van der Waals surface area contributed by atoms with Crippen LogP contribution in [0, 0.1) is 0 Å². The van der Waals surface area contributed by atoms with Crippen molar-refractivity contribution in [2.24, 2.45) is 0 Å². The second-order valence-electron chi connectivity index (χ2n) is 9.62. The zero-order valence-electron chi connectivity index (χ0n) is 21.1. The molecule has 0 aliphatic carbocycles. The van der Waals surface area contributed by atoms with Gasteiger partial charge in [0.1, 0.15) is 0 Å². The maximum Gasteiger partial charge on any atom is 0.230 e. The normalized spacial score (nSPS) is 15.8.